The number of phenolic OH excluding ortho intramolecular Hbond substituents is 1. The maximum Gasteiger partial charge on any atom is 0.160 e. The van der Waals surface area contributed by atoms with Crippen molar-refractivity contribution >= 4 is 51.1 Å². The minimum atomic E-state index is -0.0578. The van der Waals surface area contributed by atoms with Gasteiger partial charge in [0.2, 0.25) is 0 Å². The molecular weight excluding hydrogens is 457 g/mol. The van der Waals surface area contributed by atoms with Crippen LogP contribution in [0, 0.1) is 3.57 Å². The lowest BCUT2D eigenvalue weighted by molar-refractivity contribution is 0.321. The molecule has 0 radical (unpaired) electrons. The third kappa shape index (κ3) is 2.78. The molecule has 1 fully saturated rings. The molecule has 0 aliphatic carbocycles. The predicted octanol–water partition coefficient (Wildman–Crippen LogP) is 4.63. The Kier molecular flexibility index (Phi) is 4.38. The zero-order chi connectivity index (χ0) is 16.8. The predicted molar refractivity (Wildman–Crippen MR) is 107 cm³/mol. The van der Waals surface area contributed by atoms with Gasteiger partial charge in [0, 0.05) is 18.0 Å². The van der Waals surface area contributed by atoms with Crippen LogP contribution < -0.4 is 0 Å². The van der Waals surface area contributed by atoms with Crippen LogP contribution in [0.4, 0.5) is 0 Å². The normalized spacial score (nSPS) is 25.7. The Morgan fingerprint density at radius 3 is 2.92 bits per heavy atom. The van der Waals surface area contributed by atoms with Gasteiger partial charge in [-0.15, -0.1) is 0 Å². The number of benzene rings is 1. The summed E-state index contributed by atoms with van der Waals surface area (Å²) in [6.07, 6.45) is 1.80. The van der Waals surface area contributed by atoms with Gasteiger partial charge < -0.3 is 10.0 Å². The molecule has 0 bridgehead atoms. The minimum Gasteiger partial charge on any atom is -0.505 e. The molecule has 0 unspecified atom stereocenters. The number of aromatic hydroxyl groups is 1. The number of halogens is 2. The lowest BCUT2D eigenvalue weighted by Gasteiger charge is -2.27. The first-order valence-electron chi connectivity index (χ1n) is 7.64. The van der Waals surface area contributed by atoms with Crippen LogP contribution in [-0.2, 0) is 0 Å². The Morgan fingerprint density at radius 2 is 2.21 bits per heavy atom. The molecule has 2 aliphatic rings. The van der Waals surface area contributed by atoms with Gasteiger partial charge >= 0.3 is 0 Å². The lowest BCUT2D eigenvalue weighted by atomic mass is 9.96. The Hall–Kier alpha value is -0.990. The molecule has 3 heterocycles. The van der Waals surface area contributed by atoms with Gasteiger partial charge in [-0.05, 0) is 52.4 Å². The molecule has 4 nitrogen and oxygen atoms in total. The number of pyridine rings is 1. The monoisotopic (exact) mass is 471 g/mol. The number of fused-ring (bicyclic) bond motifs is 1. The fourth-order valence-corrected chi connectivity index (χ4v) is 5.36. The summed E-state index contributed by atoms with van der Waals surface area (Å²) in [6, 6.07) is 9.77. The van der Waals surface area contributed by atoms with Gasteiger partial charge in [0.1, 0.15) is 11.8 Å². The zero-order valence-electron chi connectivity index (χ0n) is 12.9. The summed E-state index contributed by atoms with van der Waals surface area (Å²) in [6.45, 7) is 3.17. The molecule has 0 spiro atoms. The molecular formula is C17H15ClIN3OS. The van der Waals surface area contributed by atoms with Crippen molar-refractivity contribution in [1.82, 2.24) is 9.88 Å². The third-order valence-corrected chi connectivity index (χ3v) is 6.47. The Balaban J connectivity index is 1.81. The molecule has 1 saturated heterocycles. The quantitative estimate of drug-likeness (QED) is 0.649. The number of thioether (sulfide) groups is 1. The van der Waals surface area contributed by atoms with Gasteiger partial charge in [-0.1, -0.05) is 36.4 Å². The fourth-order valence-electron chi connectivity index (χ4n) is 3.23. The van der Waals surface area contributed by atoms with E-state index < -0.39 is 0 Å². The highest BCUT2D eigenvalue weighted by molar-refractivity contribution is 14.1. The molecule has 2 aromatic rings. The van der Waals surface area contributed by atoms with E-state index >= 15 is 0 Å². The second kappa shape index (κ2) is 6.38. The fraction of sp³-hybridized carbons (Fsp3) is 0.294. The van der Waals surface area contributed by atoms with Crippen molar-refractivity contribution in [2.45, 2.75) is 24.3 Å². The van der Waals surface area contributed by atoms with Crippen molar-refractivity contribution in [1.29, 1.82) is 0 Å². The van der Waals surface area contributed by atoms with E-state index in [9.17, 15) is 5.11 Å². The number of rotatable bonds is 2. The van der Waals surface area contributed by atoms with Gasteiger partial charge in [0.15, 0.2) is 5.17 Å². The van der Waals surface area contributed by atoms with Crippen LogP contribution in [0.3, 0.4) is 0 Å². The number of hydrogen-bond donors (Lipinski definition) is 1. The van der Waals surface area contributed by atoms with Crippen molar-refractivity contribution in [2.75, 3.05) is 6.54 Å². The molecule has 3 atom stereocenters. The average molecular weight is 472 g/mol. The molecule has 124 valence electrons. The number of hydrogen-bond acceptors (Lipinski definition) is 5. The lowest BCUT2D eigenvalue weighted by Crippen LogP contribution is -2.28. The first-order chi connectivity index (χ1) is 11.5. The third-order valence-electron chi connectivity index (χ3n) is 4.26. The van der Waals surface area contributed by atoms with E-state index in [2.05, 4.69) is 39.4 Å². The van der Waals surface area contributed by atoms with Crippen LogP contribution in [-0.4, -0.2) is 32.0 Å². The number of amidine groups is 1. The SMILES string of the molecule is C[C@@H]1CN2C(=N[C@H](c3ccccn3)[C@H]2c2cc(Cl)c(O)c(I)c2)S1. The number of phenols is 1. The van der Waals surface area contributed by atoms with Gasteiger partial charge in [-0.2, -0.15) is 0 Å². The molecule has 2 aliphatic heterocycles. The number of nitrogens with zero attached hydrogens (tertiary/aromatic N) is 3. The van der Waals surface area contributed by atoms with Gasteiger partial charge in [-0.25, -0.2) is 0 Å². The van der Waals surface area contributed by atoms with Crippen molar-refractivity contribution < 1.29 is 5.11 Å². The molecule has 0 amide bonds. The van der Waals surface area contributed by atoms with E-state index in [1.54, 1.807) is 6.20 Å². The molecule has 1 aromatic heterocycles. The van der Waals surface area contributed by atoms with Crippen LogP contribution in [0.2, 0.25) is 5.02 Å². The van der Waals surface area contributed by atoms with Crippen LogP contribution in [0.5, 0.6) is 5.75 Å². The van der Waals surface area contributed by atoms with Crippen LogP contribution >= 0.6 is 46.0 Å². The van der Waals surface area contributed by atoms with E-state index in [1.165, 1.54) is 0 Å². The summed E-state index contributed by atoms with van der Waals surface area (Å²) in [4.78, 5) is 11.8. The summed E-state index contributed by atoms with van der Waals surface area (Å²) in [7, 11) is 0. The number of aromatic nitrogens is 1. The van der Waals surface area contributed by atoms with Crippen molar-refractivity contribution in [3.63, 3.8) is 0 Å². The summed E-state index contributed by atoms with van der Waals surface area (Å²) >= 11 is 10.2. The summed E-state index contributed by atoms with van der Waals surface area (Å²) in [5.74, 6) is 0.138. The highest BCUT2D eigenvalue weighted by atomic mass is 127. The average Bonchev–Trinajstić information content (AvgIpc) is 3.08. The Morgan fingerprint density at radius 1 is 1.38 bits per heavy atom. The van der Waals surface area contributed by atoms with Crippen LogP contribution in [0.1, 0.15) is 30.3 Å². The van der Waals surface area contributed by atoms with E-state index in [0.29, 0.717) is 10.3 Å². The first-order valence-corrected chi connectivity index (χ1v) is 9.98. The standard InChI is InChI=1S/C17H15ClIN3OS/c1-9-8-22-15(10-6-11(18)16(23)12(19)7-10)14(21-17(22)24-9)13-4-2-3-5-20-13/h2-7,9,14-15,23H,8H2,1H3/t9-,14-,15-/m1/s1. The molecule has 1 aromatic carbocycles. The topological polar surface area (TPSA) is 48.7 Å². The maximum atomic E-state index is 9.99. The molecule has 0 saturated carbocycles. The minimum absolute atomic E-state index is 0.0546. The highest BCUT2D eigenvalue weighted by Crippen LogP contribution is 2.48. The Labute approximate surface area is 163 Å². The highest BCUT2D eigenvalue weighted by Gasteiger charge is 2.43. The smallest absolute Gasteiger partial charge is 0.160 e. The molecule has 4 rings (SSSR count). The second-order valence-corrected chi connectivity index (χ2v) is 8.94. The Bertz CT molecular complexity index is 794. The maximum absolute atomic E-state index is 9.99. The molecule has 1 N–H and O–H groups in total. The zero-order valence-corrected chi connectivity index (χ0v) is 16.6. The largest absolute Gasteiger partial charge is 0.505 e. The summed E-state index contributed by atoms with van der Waals surface area (Å²) in [5, 5.41) is 12.0. The van der Waals surface area contributed by atoms with E-state index in [4.69, 9.17) is 16.6 Å². The second-order valence-electron chi connectivity index (χ2n) is 5.97. The van der Waals surface area contributed by atoms with Crippen LogP contribution in [0.25, 0.3) is 0 Å². The van der Waals surface area contributed by atoms with Crippen LogP contribution in [0.15, 0.2) is 41.5 Å². The van der Waals surface area contributed by atoms with E-state index in [-0.39, 0.29) is 17.8 Å². The van der Waals surface area contributed by atoms with Crippen molar-refractivity contribution in [2.24, 2.45) is 4.99 Å². The van der Waals surface area contributed by atoms with Gasteiger partial charge in [0.05, 0.1) is 20.3 Å². The summed E-state index contributed by atoms with van der Waals surface area (Å²) < 4.78 is 0.753. The van der Waals surface area contributed by atoms with Crippen molar-refractivity contribution in [3.05, 3.63) is 56.4 Å². The van der Waals surface area contributed by atoms with E-state index in [0.717, 1.165) is 26.5 Å². The molecule has 24 heavy (non-hydrogen) atoms. The first kappa shape index (κ1) is 16.5. The van der Waals surface area contributed by atoms with Gasteiger partial charge in [0.25, 0.3) is 0 Å². The van der Waals surface area contributed by atoms with E-state index in [1.807, 2.05) is 42.1 Å². The molecule has 7 heteroatoms. The number of aliphatic imine (C=N–C) groups is 1. The van der Waals surface area contributed by atoms with Crippen molar-refractivity contribution in [3.8, 4) is 5.75 Å². The summed E-state index contributed by atoms with van der Waals surface area (Å²) in [5.41, 5.74) is 2.02. The van der Waals surface area contributed by atoms with Gasteiger partial charge in [-0.3, -0.25) is 9.98 Å².